The Morgan fingerprint density at radius 3 is 2.57 bits per heavy atom. The van der Waals surface area contributed by atoms with Crippen molar-refractivity contribution in [3.8, 4) is 0 Å². The minimum Gasteiger partial charge on any atom is -0.321 e. The first-order valence-corrected chi connectivity index (χ1v) is 8.12. The van der Waals surface area contributed by atoms with Gasteiger partial charge in [-0.3, -0.25) is 4.68 Å². The second-order valence-electron chi connectivity index (χ2n) is 6.10. The molecule has 1 aromatic carbocycles. The molecule has 0 saturated carbocycles. The molecular formula is C17H24BrN3. The van der Waals surface area contributed by atoms with Crippen LogP contribution in [0.1, 0.15) is 41.9 Å². The van der Waals surface area contributed by atoms with Crippen LogP contribution in [0.4, 0.5) is 0 Å². The lowest BCUT2D eigenvalue weighted by molar-refractivity contribution is 0.468. The lowest BCUT2D eigenvalue weighted by atomic mass is 9.84. The molecule has 2 N–H and O–H groups in total. The third-order valence-electron chi connectivity index (χ3n) is 4.05. The van der Waals surface area contributed by atoms with Crippen molar-refractivity contribution in [2.45, 2.75) is 46.1 Å². The molecule has 0 aliphatic rings. The number of benzene rings is 1. The molecule has 2 aromatic rings. The predicted octanol–water partition coefficient (Wildman–Crippen LogP) is 3.78. The van der Waals surface area contributed by atoms with E-state index in [1.54, 1.807) is 0 Å². The van der Waals surface area contributed by atoms with Crippen LogP contribution in [0.2, 0.25) is 0 Å². The number of aryl methyl sites for hydroxylation is 4. The van der Waals surface area contributed by atoms with E-state index in [2.05, 4.69) is 66.9 Å². The van der Waals surface area contributed by atoms with Gasteiger partial charge in [-0.25, -0.2) is 0 Å². The summed E-state index contributed by atoms with van der Waals surface area (Å²) in [6.45, 7) is 8.44. The Morgan fingerprint density at radius 2 is 2.00 bits per heavy atom. The normalized spacial score (nSPS) is 14.2. The van der Waals surface area contributed by atoms with Crippen LogP contribution in [0.5, 0.6) is 0 Å². The lowest BCUT2D eigenvalue weighted by Crippen LogP contribution is -2.37. The number of hydrogen-bond donors (Lipinski definition) is 1. The molecule has 0 fully saturated rings. The number of hydrogen-bond acceptors (Lipinski definition) is 2. The van der Waals surface area contributed by atoms with Crippen LogP contribution in [-0.2, 0) is 25.4 Å². The first-order chi connectivity index (χ1) is 9.76. The summed E-state index contributed by atoms with van der Waals surface area (Å²) in [5, 5.41) is 4.56. The van der Waals surface area contributed by atoms with Gasteiger partial charge in [0.2, 0.25) is 0 Å². The maximum atomic E-state index is 6.67. The summed E-state index contributed by atoms with van der Waals surface area (Å²) in [7, 11) is 1.98. The van der Waals surface area contributed by atoms with E-state index in [-0.39, 0.29) is 0 Å². The third kappa shape index (κ3) is 3.22. The van der Waals surface area contributed by atoms with Gasteiger partial charge in [0.05, 0.1) is 15.9 Å². The number of rotatable bonds is 4. The van der Waals surface area contributed by atoms with Gasteiger partial charge in [-0.15, -0.1) is 0 Å². The topological polar surface area (TPSA) is 43.8 Å². The van der Waals surface area contributed by atoms with Crippen LogP contribution in [0.3, 0.4) is 0 Å². The first kappa shape index (κ1) is 16.2. The van der Waals surface area contributed by atoms with E-state index >= 15 is 0 Å². The summed E-state index contributed by atoms with van der Waals surface area (Å²) < 4.78 is 3.04. The van der Waals surface area contributed by atoms with E-state index in [1.165, 1.54) is 16.7 Å². The fourth-order valence-electron chi connectivity index (χ4n) is 2.81. The van der Waals surface area contributed by atoms with Gasteiger partial charge in [-0.05, 0) is 54.2 Å². The lowest BCUT2D eigenvalue weighted by Gasteiger charge is -2.28. The Kier molecular flexibility index (Phi) is 4.59. The highest BCUT2D eigenvalue weighted by atomic mass is 79.9. The molecule has 0 bridgehead atoms. The van der Waals surface area contributed by atoms with Crippen LogP contribution >= 0.6 is 15.9 Å². The molecule has 0 radical (unpaired) electrons. The number of nitrogens with zero attached hydrogens (tertiary/aromatic N) is 2. The van der Waals surface area contributed by atoms with E-state index in [0.29, 0.717) is 0 Å². The molecule has 1 aromatic heterocycles. The van der Waals surface area contributed by atoms with E-state index in [0.717, 1.165) is 28.7 Å². The Balaban J connectivity index is 2.42. The Labute approximate surface area is 135 Å². The van der Waals surface area contributed by atoms with Gasteiger partial charge in [0.15, 0.2) is 0 Å². The Hall–Kier alpha value is -1.13. The van der Waals surface area contributed by atoms with Crippen molar-refractivity contribution in [3.05, 3.63) is 50.8 Å². The predicted molar refractivity (Wildman–Crippen MR) is 91.4 cm³/mol. The second kappa shape index (κ2) is 5.93. The van der Waals surface area contributed by atoms with Crippen molar-refractivity contribution >= 4 is 15.9 Å². The molecule has 0 aliphatic carbocycles. The highest BCUT2D eigenvalue weighted by molar-refractivity contribution is 9.10. The molecule has 0 aliphatic heterocycles. The summed E-state index contributed by atoms with van der Waals surface area (Å²) in [6, 6.07) is 6.47. The maximum Gasteiger partial charge on any atom is 0.0766 e. The standard InChI is InChI=1S/C17H24BrN3/c1-6-14-16(18)15(21(5)20-14)10-17(4,19)13-9-11(2)7-8-12(13)3/h7-9H,6,10,19H2,1-5H3. The fourth-order valence-corrected chi connectivity index (χ4v) is 3.56. The third-order valence-corrected chi connectivity index (χ3v) is 4.96. The summed E-state index contributed by atoms with van der Waals surface area (Å²) in [6.07, 6.45) is 1.67. The molecule has 2 rings (SSSR count). The van der Waals surface area contributed by atoms with Crippen LogP contribution in [0.15, 0.2) is 22.7 Å². The van der Waals surface area contributed by atoms with Crippen molar-refractivity contribution in [3.63, 3.8) is 0 Å². The smallest absolute Gasteiger partial charge is 0.0766 e. The average molecular weight is 350 g/mol. The molecule has 1 heterocycles. The van der Waals surface area contributed by atoms with Gasteiger partial charge in [0.1, 0.15) is 0 Å². The molecular weight excluding hydrogens is 326 g/mol. The monoisotopic (exact) mass is 349 g/mol. The summed E-state index contributed by atoms with van der Waals surface area (Å²) in [5.74, 6) is 0. The molecule has 3 nitrogen and oxygen atoms in total. The largest absolute Gasteiger partial charge is 0.321 e. The van der Waals surface area contributed by atoms with E-state index < -0.39 is 5.54 Å². The zero-order valence-corrected chi connectivity index (χ0v) is 15.1. The zero-order valence-electron chi connectivity index (χ0n) is 13.5. The highest BCUT2D eigenvalue weighted by Gasteiger charge is 2.27. The van der Waals surface area contributed by atoms with Gasteiger partial charge >= 0.3 is 0 Å². The van der Waals surface area contributed by atoms with Gasteiger partial charge in [0, 0.05) is 19.0 Å². The molecule has 4 heteroatoms. The van der Waals surface area contributed by atoms with Crippen molar-refractivity contribution in [2.75, 3.05) is 0 Å². The quantitative estimate of drug-likeness (QED) is 0.912. The van der Waals surface area contributed by atoms with Crippen molar-refractivity contribution in [2.24, 2.45) is 12.8 Å². The average Bonchev–Trinajstić information content (AvgIpc) is 2.68. The Morgan fingerprint density at radius 1 is 1.33 bits per heavy atom. The molecule has 1 atom stereocenters. The molecule has 0 spiro atoms. The van der Waals surface area contributed by atoms with E-state index in [4.69, 9.17) is 5.73 Å². The van der Waals surface area contributed by atoms with Crippen molar-refractivity contribution < 1.29 is 0 Å². The SMILES string of the molecule is CCc1nn(C)c(CC(C)(N)c2cc(C)ccc2C)c1Br. The molecule has 114 valence electrons. The second-order valence-corrected chi connectivity index (χ2v) is 6.89. The number of aromatic nitrogens is 2. The van der Waals surface area contributed by atoms with Crippen LogP contribution in [-0.4, -0.2) is 9.78 Å². The minimum absolute atomic E-state index is 0.419. The molecule has 21 heavy (non-hydrogen) atoms. The van der Waals surface area contributed by atoms with Crippen molar-refractivity contribution in [1.29, 1.82) is 0 Å². The number of halogens is 1. The van der Waals surface area contributed by atoms with Crippen LogP contribution in [0, 0.1) is 13.8 Å². The summed E-state index contributed by atoms with van der Waals surface area (Å²) >= 11 is 3.68. The van der Waals surface area contributed by atoms with E-state index in [9.17, 15) is 0 Å². The minimum atomic E-state index is -0.419. The first-order valence-electron chi connectivity index (χ1n) is 7.33. The highest BCUT2D eigenvalue weighted by Crippen LogP contribution is 2.30. The zero-order chi connectivity index (χ0) is 15.8. The molecule has 0 saturated heterocycles. The molecule has 0 amide bonds. The maximum absolute atomic E-state index is 6.67. The Bertz CT molecular complexity index is 656. The summed E-state index contributed by atoms with van der Waals surface area (Å²) in [5.41, 5.74) is 12.2. The molecule has 1 unspecified atom stereocenters. The van der Waals surface area contributed by atoms with Gasteiger partial charge < -0.3 is 5.73 Å². The van der Waals surface area contributed by atoms with E-state index in [1.807, 2.05) is 11.7 Å². The summed E-state index contributed by atoms with van der Waals surface area (Å²) in [4.78, 5) is 0. The van der Waals surface area contributed by atoms with Crippen LogP contribution in [0.25, 0.3) is 0 Å². The van der Waals surface area contributed by atoms with Gasteiger partial charge in [-0.1, -0.05) is 30.7 Å². The van der Waals surface area contributed by atoms with Gasteiger partial charge in [-0.2, -0.15) is 5.10 Å². The number of nitrogens with two attached hydrogens (primary N) is 1. The van der Waals surface area contributed by atoms with Crippen LogP contribution < -0.4 is 5.73 Å². The fraction of sp³-hybridized carbons (Fsp3) is 0.471. The van der Waals surface area contributed by atoms with Gasteiger partial charge in [0.25, 0.3) is 0 Å². The van der Waals surface area contributed by atoms with Crippen molar-refractivity contribution in [1.82, 2.24) is 9.78 Å².